The predicted octanol–water partition coefficient (Wildman–Crippen LogP) is 1.54. The summed E-state index contributed by atoms with van der Waals surface area (Å²) < 4.78 is 5.52. The van der Waals surface area contributed by atoms with E-state index < -0.39 is 0 Å². The van der Waals surface area contributed by atoms with Crippen LogP contribution >= 0.6 is 11.3 Å². The van der Waals surface area contributed by atoms with Crippen LogP contribution in [0, 0.1) is 0 Å². The molecule has 24 heavy (non-hydrogen) atoms. The highest BCUT2D eigenvalue weighted by atomic mass is 32.1. The Labute approximate surface area is 147 Å². The summed E-state index contributed by atoms with van der Waals surface area (Å²) in [5.74, 6) is 1.10. The largest absolute Gasteiger partial charge is 0.368 e. The van der Waals surface area contributed by atoms with E-state index in [9.17, 15) is 4.79 Å². The number of hydrogen-bond donors (Lipinski definition) is 1. The first-order valence-electron chi connectivity index (χ1n) is 8.74. The molecule has 1 unspecified atom stereocenters. The van der Waals surface area contributed by atoms with Gasteiger partial charge in [0.15, 0.2) is 5.96 Å². The number of carbonyl (C=O) groups excluding carboxylic acids is 1. The molecule has 1 aromatic heterocycles. The van der Waals surface area contributed by atoms with Gasteiger partial charge in [0.05, 0.1) is 6.54 Å². The zero-order chi connectivity index (χ0) is 16.8. The molecule has 2 aliphatic heterocycles. The molecule has 2 aliphatic rings. The summed E-state index contributed by atoms with van der Waals surface area (Å²) in [6, 6.07) is 4.16. The van der Waals surface area contributed by atoms with E-state index in [1.165, 1.54) is 4.88 Å². The van der Waals surface area contributed by atoms with Gasteiger partial charge < -0.3 is 19.9 Å². The van der Waals surface area contributed by atoms with E-state index in [0.717, 1.165) is 58.1 Å². The first-order valence-corrected chi connectivity index (χ1v) is 9.62. The van der Waals surface area contributed by atoms with Crippen LogP contribution in [0.2, 0.25) is 0 Å². The lowest BCUT2D eigenvalue weighted by Gasteiger charge is -2.37. The van der Waals surface area contributed by atoms with Crippen molar-refractivity contribution in [2.24, 2.45) is 4.99 Å². The SMILES string of the molecule is CCNC(=NCc1cccs1)N1CCN(C(=O)C2CCCO2)CC1. The smallest absolute Gasteiger partial charge is 0.251 e. The first kappa shape index (κ1) is 17.2. The van der Waals surface area contributed by atoms with Gasteiger partial charge in [-0.05, 0) is 31.2 Å². The van der Waals surface area contributed by atoms with Crippen molar-refractivity contribution in [2.75, 3.05) is 39.3 Å². The lowest BCUT2D eigenvalue weighted by atomic mass is 10.2. The highest BCUT2D eigenvalue weighted by Gasteiger charge is 2.30. The van der Waals surface area contributed by atoms with Gasteiger partial charge >= 0.3 is 0 Å². The Morgan fingerprint density at radius 2 is 2.17 bits per heavy atom. The van der Waals surface area contributed by atoms with Crippen LogP contribution in [0.1, 0.15) is 24.6 Å². The molecule has 2 fully saturated rings. The van der Waals surface area contributed by atoms with Crippen LogP contribution in [0.25, 0.3) is 0 Å². The van der Waals surface area contributed by atoms with E-state index in [-0.39, 0.29) is 12.0 Å². The minimum absolute atomic E-state index is 0.160. The number of amides is 1. The Morgan fingerprint density at radius 3 is 2.79 bits per heavy atom. The highest BCUT2D eigenvalue weighted by molar-refractivity contribution is 7.09. The van der Waals surface area contributed by atoms with Crippen LogP contribution in [0.5, 0.6) is 0 Å². The normalized spacial score (nSPS) is 22.0. The van der Waals surface area contributed by atoms with E-state index in [1.54, 1.807) is 11.3 Å². The quantitative estimate of drug-likeness (QED) is 0.661. The molecular weight excluding hydrogens is 324 g/mol. The maximum absolute atomic E-state index is 12.4. The van der Waals surface area contributed by atoms with Gasteiger partial charge in [0, 0.05) is 44.2 Å². The van der Waals surface area contributed by atoms with E-state index >= 15 is 0 Å². The summed E-state index contributed by atoms with van der Waals surface area (Å²) in [7, 11) is 0. The molecule has 7 heteroatoms. The summed E-state index contributed by atoms with van der Waals surface area (Å²) in [5.41, 5.74) is 0. The molecule has 132 valence electrons. The molecule has 0 aliphatic carbocycles. The number of carbonyl (C=O) groups is 1. The number of nitrogens with zero attached hydrogens (tertiary/aromatic N) is 3. The minimum Gasteiger partial charge on any atom is -0.368 e. The van der Waals surface area contributed by atoms with Gasteiger partial charge in [0.1, 0.15) is 6.10 Å². The third-order valence-electron chi connectivity index (χ3n) is 4.40. The topological polar surface area (TPSA) is 57.2 Å². The summed E-state index contributed by atoms with van der Waals surface area (Å²) in [6.07, 6.45) is 1.65. The highest BCUT2D eigenvalue weighted by Crippen LogP contribution is 2.16. The van der Waals surface area contributed by atoms with Crippen LogP contribution in [0.3, 0.4) is 0 Å². The molecule has 3 rings (SSSR count). The number of thiophene rings is 1. The van der Waals surface area contributed by atoms with Crippen LogP contribution in [-0.2, 0) is 16.1 Å². The number of aliphatic imine (C=N–C) groups is 1. The van der Waals surface area contributed by atoms with Gasteiger partial charge in [-0.1, -0.05) is 6.07 Å². The van der Waals surface area contributed by atoms with Crippen LogP contribution in [0.4, 0.5) is 0 Å². The van der Waals surface area contributed by atoms with Crippen molar-refractivity contribution in [1.29, 1.82) is 0 Å². The van der Waals surface area contributed by atoms with Gasteiger partial charge in [0.25, 0.3) is 5.91 Å². The molecule has 1 amide bonds. The van der Waals surface area contributed by atoms with Gasteiger partial charge in [-0.25, -0.2) is 4.99 Å². The molecule has 0 bridgehead atoms. The Bertz CT molecular complexity index is 547. The van der Waals surface area contributed by atoms with Crippen molar-refractivity contribution in [3.63, 3.8) is 0 Å². The summed E-state index contributed by atoms with van der Waals surface area (Å²) in [4.78, 5) is 22.6. The van der Waals surface area contributed by atoms with Crippen LogP contribution in [-0.4, -0.2) is 67.1 Å². The van der Waals surface area contributed by atoms with E-state index in [4.69, 9.17) is 9.73 Å². The first-order chi connectivity index (χ1) is 11.8. The van der Waals surface area contributed by atoms with Crippen molar-refractivity contribution < 1.29 is 9.53 Å². The standard InChI is InChI=1S/C17H26N4O2S/c1-2-18-17(19-13-14-5-4-12-24-14)21-9-7-20(8-10-21)16(22)15-6-3-11-23-15/h4-5,12,15H,2-3,6-11,13H2,1H3,(H,18,19). The van der Waals surface area contributed by atoms with Crippen molar-refractivity contribution in [1.82, 2.24) is 15.1 Å². The van der Waals surface area contributed by atoms with Crippen LogP contribution < -0.4 is 5.32 Å². The molecule has 2 saturated heterocycles. The fraction of sp³-hybridized carbons (Fsp3) is 0.647. The molecule has 6 nitrogen and oxygen atoms in total. The maximum Gasteiger partial charge on any atom is 0.251 e. The fourth-order valence-electron chi connectivity index (χ4n) is 3.10. The van der Waals surface area contributed by atoms with Crippen LogP contribution in [0.15, 0.2) is 22.5 Å². The second-order valence-corrected chi connectivity index (χ2v) is 7.10. The molecule has 0 spiro atoms. The molecule has 1 aromatic rings. The second-order valence-electron chi connectivity index (χ2n) is 6.06. The summed E-state index contributed by atoms with van der Waals surface area (Å²) >= 11 is 1.73. The monoisotopic (exact) mass is 350 g/mol. The van der Waals surface area contributed by atoms with Gasteiger partial charge in [-0.3, -0.25) is 4.79 Å². The zero-order valence-electron chi connectivity index (χ0n) is 14.2. The van der Waals surface area contributed by atoms with Crippen molar-refractivity contribution in [3.05, 3.63) is 22.4 Å². The van der Waals surface area contributed by atoms with E-state index in [2.05, 4.69) is 34.7 Å². The number of rotatable bonds is 4. The fourth-order valence-corrected chi connectivity index (χ4v) is 3.72. The van der Waals surface area contributed by atoms with Crippen molar-refractivity contribution in [3.8, 4) is 0 Å². The zero-order valence-corrected chi connectivity index (χ0v) is 15.1. The average molecular weight is 350 g/mol. The molecule has 3 heterocycles. The minimum atomic E-state index is -0.211. The van der Waals surface area contributed by atoms with Gasteiger partial charge in [0.2, 0.25) is 0 Å². The number of ether oxygens (including phenoxy) is 1. The van der Waals surface area contributed by atoms with Gasteiger partial charge in [-0.2, -0.15) is 0 Å². The molecule has 1 N–H and O–H groups in total. The Hall–Kier alpha value is -1.60. The average Bonchev–Trinajstić information content (AvgIpc) is 3.31. The summed E-state index contributed by atoms with van der Waals surface area (Å²) in [5, 5.41) is 5.44. The van der Waals surface area contributed by atoms with E-state index in [0.29, 0.717) is 6.54 Å². The van der Waals surface area contributed by atoms with Crippen molar-refractivity contribution in [2.45, 2.75) is 32.4 Å². The third-order valence-corrected chi connectivity index (χ3v) is 5.26. The molecule has 1 atom stereocenters. The number of hydrogen-bond acceptors (Lipinski definition) is 4. The third kappa shape index (κ3) is 4.27. The molecule has 0 radical (unpaired) electrons. The lowest BCUT2D eigenvalue weighted by molar-refractivity contribution is -0.142. The van der Waals surface area contributed by atoms with Gasteiger partial charge in [-0.15, -0.1) is 11.3 Å². The molecule has 0 aromatic carbocycles. The molecular formula is C17H26N4O2S. The lowest BCUT2D eigenvalue weighted by Crippen LogP contribution is -2.55. The Kier molecular flexibility index (Phi) is 6.09. The predicted molar refractivity (Wildman–Crippen MR) is 96.3 cm³/mol. The number of guanidine groups is 1. The second kappa shape index (κ2) is 8.48. The maximum atomic E-state index is 12.4. The van der Waals surface area contributed by atoms with Crippen molar-refractivity contribution >= 4 is 23.2 Å². The summed E-state index contributed by atoms with van der Waals surface area (Å²) in [6.45, 7) is 7.45. The Morgan fingerprint density at radius 1 is 1.38 bits per heavy atom. The van der Waals surface area contributed by atoms with E-state index in [1.807, 2.05) is 4.90 Å². The number of nitrogens with one attached hydrogen (secondary N) is 1. The molecule has 0 saturated carbocycles. The number of piperazine rings is 1. The Balaban J connectivity index is 1.54.